The van der Waals surface area contributed by atoms with E-state index >= 15 is 0 Å². The molecule has 6 nitrogen and oxygen atoms in total. The van der Waals surface area contributed by atoms with Crippen molar-refractivity contribution >= 4 is 26.5 Å². The summed E-state index contributed by atoms with van der Waals surface area (Å²) in [5.41, 5.74) is 0.212. The molecule has 0 aromatic heterocycles. The van der Waals surface area contributed by atoms with Gasteiger partial charge in [-0.2, -0.15) is 18.4 Å². The van der Waals surface area contributed by atoms with Gasteiger partial charge in [0.05, 0.1) is 16.2 Å². The lowest BCUT2D eigenvalue weighted by Gasteiger charge is -2.08. The van der Waals surface area contributed by atoms with E-state index in [1.54, 1.807) is 12.1 Å². The molecule has 7 heteroatoms. The van der Waals surface area contributed by atoms with Gasteiger partial charge in [-0.25, -0.2) is 0 Å². The molecule has 3 aromatic carbocycles. The summed E-state index contributed by atoms with van der Waals surface area (Å²) in [5, 5.41) is 25.1. The van der Waals surface area contributed by atoms with Gasteiger partial charge < -0.3 is 10.2 Å². The number of hydrazone groups is 1. The van der Waals surface area contributed by atoms with E-state index in [0.29, 0.717) is 0 Å². The lowest BCUT2D eigenvalue weighted by atomic mass is 10.1. The number of nitrogens with zero attached hydrogens (tertiary/aromatic N) is 1. The number of sulfonamides is 1. The van der Waals surface area contributed by atoms with Crippen LogP contribution in [0.3, 0.4) is 0 Å². The topological polar surface area (TPSA) is 99.0 Å². The molecule has 3 N–H and O–H groups in total. The predicted octanol–water partition coefficient (Wildman–Crippen LogP) is 2.95. The lowest BCUT2D eigenvalue weighted by Crippen LogP contribution is -2.20. The van der Waals surface area contributed by atoms with Crippen LogP contribution in [-0.2, 0) is 10.0 Å². The molecule has 0 spiro atoms. The molecule has 0 aliphatic heterocycles. The molecule has 25 heavy (non-hydrogen) atoms. The third kappa shape index (κ3) is 3.41. The van der Waals surface area contributed by atoms with Crippen LogP contribution in [0, 0.1) is 0 Å². The van der Waals surface area contributed by atoms with Crippen molar-refractivity contribution in [1.29, 1.82) is 0 Å². The molecular formula is C18H16N2O4S. The first-order valence-corrected chi connectivity index (χ1v) is 8.93. The van der Waals surface area contributed by atoms with Gasteiger partial charge in [-0.05, 0) is 42.0 Å². The van der Waals surface area contributed by atoms with Gasteiger partial charge in [0.15, 0.2) is 0 Å². The van der Waals surface area contributed by atoms with Crippen LogP contribution in [0.1, 0.15) is 12.5 Å². The number of fused-ring (bicyclic) bond motifs is 1. The molecule has 0 amide bonds. The summed E-state index contributed by atoms with van der Waals surface area (Å²) in [7, 11) is -3.88. The van der Waals surface area contributed by atoms with Gasteiger partial charge in [-0.1, -0.05) is 36.4 Å². The SMILES string of the molecule is C/C(=N\NS(=O)(=O)c1ccc2ccccc2c1)c1c(O)cccc1O. The number of hydrogen-bond acceptors (Lipinski definition) is 5. The van der Waals surface area contributed by atoms with Gasteiger partial charge in [-0.15, -0.1) is 0 Å². The van der Waals surface area contributed by atoms with Crippen molar-refractivity contribution in [3.05, 3.63) is 66.2 Å². The number of aromatic hydroxyl groups is 2. The average Bonchev–Trinajstić information content (AvgIpc) is 2.59. The molecule has 0 unspecified atom stereocenters. The number of phenolic OH excluding ortho intramolecular Hbond substituents is 2. The molecular weight excluding hydrogens is 340 g/mol. The van der Waals surface area contributed by atoms with E-state index in [9.17, 15) is 18.6 Å². The largest absolute Gasteiger partial charge is 0.507 e. The molecule has 128 valence electrons. The van der Waals surface area contributed by atoms with E-state index in [-0.39, 0.29) is 27.7 Å². The highest BCUT2D eigenvalue weighted by molar-refractivity contribution is 7.89. The van der Waals surface area contributed by atoms with Crippen molar-refractivity contribution in [1.82, 2.24) is 4.83 Å². The number of nitrogens with one attached hydrogen (secondary N) is 1. The number of phenols is 2. The van der Waals surface area contributed by atoms with E-state index < -0.39 is 10.0 Å². The number of benzene rings is 3. The van der Waals surface area contributed by atoms with Gasteiger partial charge >= 0.3 is 0 Å². The Morgan fingerprint density at radius 2 is 1.56 bits per heavy atom. The summed E-state index contributed by atoms with van der Waals surface area (Å²) in [4.78, 5) is 2.20. The Kier molecular flexibility index (Phi) is 4.33. The van der Waals surface area contributed by atoms with Crippen LogP contribution in [0.5, 0.6) is 11.5 Å². The van der Waals surface area contributed by atoms with E-state index in [0.717, 1.165) is 10.8 Å². The lowest BCUT2D eigenvalue weighted by molar-refractivity contribution is 0.448. The molecule has 0 bridgehead atoms. The maximum atomic E-state index is 12.4. The second-order valence-corrected chi connectivity index (χ2v) is 7.13. The standard InChI is InChI=1S/C18H16N2O4S/c1-12(18-16(21)7-4-8-17(18)22)19-20-25(23,24)15-10-9-13-5-2-3-6-14(13)11-15/h2-11,20-22H,1H3/b19-12+. The third-order valence-corrected chi connectivity index (χ3v) is 4.95. The van der Waals surface area contributed by atoms with E-state index in [1.807, 2.05) is 24.3 Å². The zero-order valence-electron chi connectivity index (χ0n) is 13.3. The second kappa shape index (κ2) is 6.45. The molecule has 0 aliphatic rings. The summed E-state index contributed by atoms with van der Waals surface area (Å²) >= 11 is 0. The predicted molar refractivity (Wildman–Crippen MR) is 96.3 cm³/mol. The van der Waals surface area contributed by atoms with Crippen molar-refractivity contribution in [2.75, 3.05) is 0 Å². The Morgan fingerprint density at radius 3 is 2.24 bits per heavy atom. The highest BCUT2D eigenvalue weighted by Crippen LogP contribution is 2.27. The van der Waals surface area contributed by atoms with Crippen molar-refractivity contribution in [3.8, 4) is 11.5 Å². The van der Waals surface area contributed by atoms with E-state index in [1.165, 1.54) is 31.2 Å². The fourth-order valence-corrected chi connectivity index (χ4v) is 3.36. The number of rotatable bonds is 4. The summed E-state index contributed by atoms with van der Waals surface area (Å²) < 4.78 is 24.9. The van der Waals surface area contributed by atoms with E-state index in [4.69, 9.17) is 0 Å². The molecule has 0 fully saturated rings. The minimum Gasteiger partial charge on any atom is -0.507 e. The molecule has 0 aliphatic carbocycles. The zero-order valence-corrected chi connectivity index (χ0v) is 14.2. The Balaban J connectivity index is 1.92. The summed E-state index contributed by atoms with van der Waals surface area (Å²) in [6.45, 7) is 1.48. The van der Waals surface area contributed by atoms with Crippen LogP contribution < -0.4 is 4.83 Å². The summed E-state index contributed by atoms with van der Waals surface area (Å²) in [6, 6.07) is 16.4. The fourth-order valence-electron chi connectivity index (χ4n) is 2.47. The summed E-state index contributed by atoms with van der Waals surface area (Å²) in [5.74, 6) is -0.377. The first-order valence-electron chi connectivity index (χ1n) is 7.45. The van der Waals surface area contributed by atoms with Gasteiger partial charge in [0, 0.05) is 0 Å². The molecule has 0 saturated carbocycles. The van der Waals surface area contributed by atoms with E-state index in [2.05, 4.69) is 9.93 Å². The van der Waals surface area contributed by atoms with Crippen molar-refractivity contribution in [2.24, 2.45) is 5.10 Å². The normalized spacial score (nSPS) is 12.3. The first kappa shape index (κ1) is 16.8. The van der Waals surface area contributed by atoms with Gasteiger partial charge in [-0.3, -0.25) is 0 Å². The Morgan fingerprint density at radius 1 is 0.920 bits per heavy atom. The van der Waals surface area contributed by atoms with Crippen molar-refractivity contribution < 1.29 is 18.6 Å². The second-order valence-electron chi connectivity index (χ2n) is 5.47. The molecule has 0 saturated heterocycles. The highest BCUT2D eigenvalue weighted by Gasteiger charge is 2.15. The summed E-state index contributed by atoms with van der Waals surface area (Å²) in [6.07, 6.45) is 0. The maximum Gasteiger partial charge on any atom is 0.276 e. The molecule has 3 aromatic rings. The average molecular weight is 356 g/mol. The minimum absolute atomic E-state index is 0.0729. The Hall–Kier alpha value is -3.06. The molecule has 0 radical (unpaired) electrons. The Bertz CT molecular complexity index is 1060. The van der Waals surface area contributed by atoms with Crippen LogP contribution in [-0.4, -0.2) is 24.3 Å². The van der Waals surface area contributed by atoms with Crippen LogP contribution >= 0.6 is 0 Å². The van der Waals surface area contributed by atoms with Crippen LogP contribution in [0.15, 0.2) is 70.7 Å². The van der Waals surface area contributed by atoms with Gasteiger partial charge in [0.2, 0.25) is 0 Å². The number of hydrogen-bond donors (Lipinski definition) is 3. The van der Waals surface area contributed by atoms with Gasteiger partial charge in [0.1, 0.15) is 11.5 Å². The monoisotopic (exact) mass is 356 g/mol. The van der Waals surface area contributed by atoms with Crippen LogP contribution in [0.2, 0.25) is 0 Å². The van der Waals surface area contributed by atoms with Crippen molar-refractivity contribution in [3.63, 3.8) is 0 Å². The van der Waals surface area contributed by atoms with Crippen LogP contribution in [0.25, 0.3) is 10.8 Å². The molecule has 3 rings (SSSR count). The molecule has 0 heterocycles. The quantitative estimate of drug-likeness (QED) is 0.494. The zero-order chi connectivity index (χ0) is 18.0. The smallest absolute Gasteiger partial charge is 0.276 e. The van der Waals surface area contributed by atoms with Gasteiger partial charge in [0.25, 0.3) is 10.0 Å². The maximum absolute atomic E-state index is 12.4. The molecule has 0 atom stereocenters. The fraction of sp³-hybridized carbons (Fsp3) is 0.0556. The first-order chi connectivity index (χ1) is 11.9. The highest BCUT2D eigenvalue weighted by atomic mass is 32.2. The Labute approximate surface area is 145 Å². The third-order valence-electron chi connectivity index (χ3n) is 3.75. The van der Waals surface area contributed by atoms with Crippen molar-refractivity contribution in [2.45, 2.75) is 11.8 Å². The van der Waals surface area contributed by atoms with Crippen LogP contribution in [0.4, 0.5) is 0 Å². The minimum atomic E-state index is -3.88.